The molecule has 2 aromatic rings. The summed E-state index contributed by atoms with van der Waals surface area (Å²) in [5.41, 5.74) is -0.181. The topological polar surface area (TPSA) is 61.4 Å². The summed E-state index contributed by atoms with van der Waals surface area (Å²) in [6.45, 7) is 0.726. The third-order valence-corrected chi connectivity index (χ3v) is 3.66. The average Bonchev–Trinajstić information content (AvgIpc) is 2.89. The fourth-order valence-corrected chi connectivity index (χ4v) is 2.65. The van der Waals surface area contributed by atoms with Gasteiger partial charge in [0.25, 0.3) is 0 Å². The molecule has 98 valence electrons. The Morgan fingerprint density at radius 3 is 2.74 bits per heavy atom. The van der Waals surface area contributed by atoms with Crippen LogP contribution in [0.15, 0.2) is 42.5 Å². The highest BCUT2D eigenvalue weighted by Crippen LogP contribution is 2.28. The Hall–Kier alpha value is -2.07. The number of carboxylic acid groups (broad SMARTS) is 1. The van der Waals surface area contributed by atoms with E-state index < -0.39 is 11.6 Å². The molecule has 0 radical (unpaired) electrons. The fraction of sp³-hybridized carbons (Fsp3) is 0.267. The number of rotatable bonds is 3. The molecule has 1 heterocycles. The minimum atomic E-state index is -1.04. The van der Waals surface area contributed by atoms with E-state index in [1.54, 1.807) is 0 Å². The van der Waals surface area contributed by atoms with Crippen molar-refractivity contribution in [1.29, 1.82) is 0 Å². The number of hydrogen-bond acceptors (Lipinski definition) is 3. The number of carbonyl (C=O) groups is 1. The third-order valence-electron chi connectivity index (χ3n) is 3.66. The predicted octanol–water partition coefficient (Wildman–Crippen LogP) is 2.42. The molecule has 0 spiro atoms. The number of hydrogen-bond donors (Lipinski definition) is 3. The molecule has 0 bridgehead atoms. The van der Waals surface area contributed by atoms with Crippen molar-refractivity contribution in [2.75, 3.05) is 11.9 Å². The van der Waals surface area contributed by atoms with Crippen LogP contribution in [0.4, 0.5) is 5.69 Å². The van der Waals surface area contributed by atoms with Gasteiger partial charge in [-0.2, -0.15) is 0 Å². The van der Waals surface area contributed by atoms with Crippen LogP contribution in [0.2, 0.25) is 0 Å². The van der Waals surface area contributed by atoms with Gasteiger partial charge in [0, 0.05) is 11.1 Å². The second-order valence-corrected chi connectivity index (χ2v) is 4.89. The van der Waals surface area contributed by atoms with Crippen LogP contribution in [0, 0.1) is 0 Å². The van der Waals surface area contributed by atoms with Gasteiger partial charge in [0.15, 0.2) is 5.66 Å². The minimum Gasteiger partial charge on any atom is -0.478 e. The summed E-state index contributed by atoms with van der Waals surface area (Å²) in [6.07, 6.45) is 1.45. The second kappa shape index (κ2) is 4.55. The number of anilines is 1. The summed E-state index contributed by atoms with van der Waals surface area (Å²) in [4.78, 5) is 11.5. The molecule has 0 unspecified atom stereocenters. The van der Waals surface area contributed by atoms with Crippen LogP contribution in [-0.2, 0) is 4.79 Å². The van der Waals surface area contributed by atoms with Gasteiger partial charge in [-0.1, -0.05) is 36.4 Å². The smallest absolute Gasteiger partial charge is 0.344 e. The lowest BCUT2D eigenvalue weighted by Crippen LogP contribution is -2.54. The van der Waals surface area contributed by atoms with Crippen molar-refractivity contribution in [1.82, 2.24) is 5.32 Å². The summed E-state index contributed by atoms with van der Waals surface area (Å²) in [6, 6.07) is 13.9. The van der Waals surface area contributed by atoms with Gasteiger partial charge in [-0.3, -0.25) is 5.32 Å². The Kier molecular flexibility index (Phi) is 2.87. The molecule has 1 fully saturated rings. The first-order valence-electron chi connectivity index (χ1n) is 6.46. The number of fused-ring (bicyclic) bond motifs is 1. The van der Waals surface area contributed by atoms with Crippen molar-refractivity contribution in [3.63, 3.8) is 0 Å². The van der Waals surface area contributed by atoms with E-state index in [9.17, 15) is 9.90 Å². The predicted molar refractivity (Wildman–Crippen MR) is 75.2 cm³/mol. The lowest BCUT2D eigenvalue weighted by atomic mass is 10.0. The van der Waals surface area contributed by atoms with E-state index in [0.29, 0.717) is 6.42 Å². The molecule has 0 saturated carbocycles. The third kappa shape index (κ3) is 2.04. The van der Waals surface area contributed by atoms with E-state index >= 15 is 0 Å². The zero-order valence-corrected chi connectivity index (χ0v) is 10.5. The Bertz CT molecular complexity index is 613. The standard InChI is InChI=1S/C15H16N2O2/c18-14(19)15(9-4-10-16-15)17-13-8-3-6-11-5-1-2-7-12(11)13/h1-3,5-8,16-17H,4,9-10H2,(H,18,19)/t15-/m1/s1. The Balaban J connectivity index is 2.03. The van der Waals surface area contributed by atoms with Crippen LogP contribution in [-0.4, -0.2) is 23.3 Å². The first kappa shape index (κ1) is 12.0. The molecule has 2 aromatic carbocycles. The van der Waals surface area contributed by atoms with E-state index in [-0.39, 0.29) is 0 Å². The van der Waals surface area contributed by atoms with Crippen molar-refractivity contribution in [3.8, 4) is 0 Å². The Morgan fingerprint density at radius 2 is 2.00 bits per heavy atom. The minimum absolute atomic E-state index is 0.589. The SMILES string of the molecule is O=C(O)[C@]1(Nc2cccc3ccccc23)CCCN1. The monoisotopic (exact) mass is 256 g/mol. The summed E-state index contributed by atoms with van der Waals surface area (Å²) < 4.78 is 0. The number of benzene rings is 2. The summed E-state index contributed by atoms with van der Waals surface area (Å²) in [5.74, 6) is -0.849. The van der Waals surface area contributed by atoms with E-state index in [2.05, 4.69) is 10.6 Å². The van der Waals surface area contributed by atoms with Crippen LogP contribution in [0.25, 0.3) is 10.8 Å². The first-order valence-corrected chi connectivity index (χ1v) is 6.46. The molecule has 0 aromatic heterocycles. The lowest BCUT2D eigenvalue weighted by molar-refractivity contribution is -0.142. The molecule has 3 N–H and O–H groups in total. The van der Waals surface area contributed by atoms with Gasteiger partial charge in [0.2, 0.25) is 0 Å². The zero-order valence-electron chi connectivity index (χ0n) is 10.5. The number of aliphatic carboxylic acids is 1. The van der Waals surface area contributed by atoms with E-state index in [4.69, 9.17) is 0 Å². The molecule has 1 aliphatic rings. The molecule has 0 aliphatic carbocycles. The molecule has 4 heteroatoms. The maximum absolute atomic E-state index is 11.5. The van der Waals surface area contributed by atoms with E-state index in [0.717, 1.165) is 29.4 Å². The summed E-state index contributed by atoms with van der Waals surface area (Å²) >= 11 is 0. The molecule has 1 atom stereocenters. The molecule has 0 amide bonds. The maximum atomic E-state index is 11.5. The Morgan fingerprint density at radius 1 is 1.21 bits per heavy atom. The number of nitrogens with one attached hydrogen (secondary N) is 2. The number of carboxylic acids is 1. The average molecular weight is 256 g/mol. The molecule has 1 saturated heterocycles. The van der Waals surface area contributed by atoms with Crippen molar-refractivity contribution in [2.24, 2.45) is 0 Å². The highest BCUT2D eigenvalue weighted by atomic mass is 16.4. The van der Waals surface area contributed by atoms with Crippen LogP contribution >= 0.6 is 0 Å². The van der Waals surface area contributed by atoms with Gasteiger partial charge in [0.05, 0.1) is 0 Å². The normalized spacial score (nSPS) is 22.5. The van der Waals surface area contributed by atoms with Gasteiger partial charge in [-0.15, -0.1) is 0 Å². The molecular weight excluding hydrogens is 240 g/mol. The molecule has 3 rings (SSSR count). The Labute approximate surface area is 111 Å². The van der Waals surface area contributed by atoms with Gasteiger partial charge < -0.3 is 10.4 Å². The highest BCUT2D eigenvalue weighted by molar-refractivity contribution is 5.96. The quantitative estimate of drug-likeness (QED) is 0.789. The van der Waals surface area contributed by atoms with Gasteiger partial charge in [-0.25, -0.2) is 4.79 Å². The highest BCUT2D eigenvalue weighted by Gasteiger charge is 2.41. The van der Waals surface area contributed by atoms with Crippen LogP contribution in [0.1, 0.15) is 12.8 Å². The van der Waals surface area contributed by atoms with Gasteiger partial charge in [0.1, 0.15) is 0 Å². The molecular formula is C15H16N2O2. The van der Waals surface area contributed by atoms with Crippen molar-refractivity contribution in [2.45, 2.75) is 18.5 Å². The first-order chi connectivity index (χ1) is 9.21. The second-order valence-electron chi connectivity index (χ2n) is 4.89. The van der Waals surface area contributed by atoms with Crippen LogP contribution in [0.5, 0.6) is 0 Å². The van der Waals surface area contributed by atoms with Crippen molar-refractivity contribution >= 4 is 22.4 Å². The van der Waals surface area contributed by atoms with Crippen molar-refractivity contribution in [3.05, 3.63) is 42.5 Å². The molecule has 19 heavy (non-hydrogen) atoms. The van der Waals surface area contributed by atoms with E-state index in [1.807, 2.05) is 42.5 Å². The van der Waals surface area contributed by atoms with Crippen LogP contribution in [0.3, 0.4) is 0 Å². The maximum Gasteiger partial charge on any atom is 0.344 e. The van der Waals surface area contributed by atoms with Gasteiger partial charge >= 0.3 is 5.97 Å². The fourth-order valence-electron chi connectivity index (χ4n) is 2.65. The summed E-state index contributed by atoms with van der Waals surface area (Å²) in [5, 5.41) is 17.9. The lowest BCUT2D eigenvalue weighted by Gasteiger charge is -2.27. The molecule has 1 aliphatic heterocycles. The van der Waals surface area contributed by atoms with Crippen molar-refractivity contribution < 1.29 is 9.90 Å². The molecule has 4 nitrogen and oxygen atoms in total. The summed E-state index contributed by atoms with van der Waals surface area (Å²) in [7, 11) is 0. The van der Waals surface area contributed by atoms with Gasteiger partial charge in [-0.05, 0) is 30.8 Å². The van der Waals surface area contributed by atoms with Crippen LogP contribution < -0.4 is 10.6 Å². The zero-order chi connectivity index (χ0) is 13.3. The largest absolute Gasteiger partial charge is 0.478 e. The van der Waals surface area contributed by atoms with E-state index in [1.165, 1.54) is 0 Å².